The Morgan fingerprint density at radius 1 is 1.37 bits per heavy atom. The summed E-state index contributed by atoms with van der Waals surface area (Å²) in [4.78, 5) is 2.22. The lowest BCUT2D eigenvalue weighted by atomic mass is 10.2. The smallest absolute Gasteiger partial charge is 0.131 e. The second-order valence-corrected chi connectivity index (χ2v) is 5.26. The maximum Gasteiger partial charge on any atom is 0.131 e. The molecule has 0 aromatic carbocycles. The molecule has 0 bridgehead atoms. The van der Waals surface area contributed by atoms with Crippen molar-refractivity contribution in [1.29, 1.82) is 0 Å². The van der Waals surface area contributed by atoms with Crippen molar-refractivity contribution in [2.45, 2.75) is 46.7 Å². The normalized spacial score (nSPS) is 11.3. The summed E-state index contributed by atoms with van der Waals surface area (Å²) in [5, 5.41) is 17.2. The Labute approximate surface area is 116 Å². The van der Waals surface area contributed by atoms with E-state index in [1.165, 1.54) is 5.56 Å². The molecule has 1 rings (SSSR count). The summed E-state index contributed by atoms with van der Waals surface area (Å²) in [7, 11) is 1.97. The largest absolute Gasteiger partial charge is 0.395 e. The molecule has 1 aromatic heterocycles. The van der Waals surface area contributed by atoms with Gasteiger partial charge in [-0.25, -0.2) is 0 Å². The Balaban J connectivity index is 3.01. The highest BCUT2D eigenvalue weighted by Crippen LogP contribution is 2.23. The molecule has 0 atom stereocenters. The fourth-order valence-electron chi connectivity index (χ4n) is 2.31. The summed E-state index contributed by atoms with van der Waals surface area (Å²) in [6, 6.07) is 0.449. The Kier molecular flexibility index (Phi) is 6.31. The van der Waals surface area contributed by atoms with Crippen molar-refractivity contribution >= 4 is 5.82 Å². The molecule has 2 N–H and O–H groups in total. The Bertz CT molecular complexity index is 381. The van der Waals surface area contributed by atoms with E-state index in [4.69, 9.17) is 0 Å². The molecule has 1 aromatic rings. The van der Waals surface area contributed by atoms with Gasteiger partial charge >= 0.3 is 0 Å². The SMILES string of the molecule is CCCN(CCO)c1c(CNC(C)C)c(C)nn1C. The molecule has 1 heterocycles. The average molecular weight is 268 g/mol. The molecule has 0 saturated carbocycles. The lowest BCUT2D eigenvalue weighted by molar-refractivity contribution is 0.301. The van der Waals surface area contributed by atoms with Gasteiger partial charge in [-0.15, -0.1) is 0 Å². The quantitative estimate of drug-likeness (QED) is 0.749. The van der Waals surface area contributed by atoms with E-state index in [0.717, 1.165) is 31.0 Å². The van der Waals surface area contributed by atoms with E-state index >= 15 is 0 Å². The first kappa shape index (κ1) is 16.0. The van der Waals surface area contributed by atoms with Gasteiger partial charge in [0.05, 0.1) is 12.3 Å². The van der Waals surface area contributed by atoms with Crippen molar-refractivity contribution in [1.82, 2.24) is 15.1 Å². The number of hydrogen-bond acceptors (Lipinski definition) is 4. The van der Waals surface area contributed by atoms with Gasteiger partial charge in [0.1, 0.15) is 5.82 Å². The van der Waals surface area contributed by atoms with Gasteiger partial charge in [-0.2, -0.15) is 5.10 Å². The van der Waals surface area contributed by atoms with Crippen LogP contribution in [0.15, 0.2) is 0 Å². The maximum absolute atomic E-state index is 9.24. The highest BCUT2D eigenvalue weighted by atomic mass is 16.3. The van der Waals surface area contributed by atoms with Gasteiger partial charge in [-0.3, -0.25) is 4.68 Å². The number of nitrogens with one attached hydrogen (secondary N) is 1. The first-order valence-corrected chi connectivity index (χ1v) is 7.12. The summed E-state index contributed by atoms with van der Waals surface area (Å²) in [5.41, 5.74) is 2.29. The van der Waals surface area contributed by atoms with Crippen LogP contribution < -0.4 is 10.2 Å². The minimum absolute atomic E-state index is 0.168. The molecule has 5 heteroatoms. The van der Waals surface area contributed by atoms with Crippen LogP contribution in [0.5, 0.6) is 0 Å². The van der Waals surface area contributed by atoms with Crippen LogP contribution in [-0.2, 0) is 13.6 Å². The number of aromatic nitrogens is 2. The monoisotopic (exact) mass is 268 g/mol. The highest BCUT2D eigenvalue weighted by molar-refractivity contribution is 5.50. The average Bonchev–Trinajstić information content (AvgIpc) is 2.61. The maximum atomic E-state index is 9.24. The van der Waals surface area contributed by atoms with E-state index < -0.39 is 0 Å². The van der Waals surface area contributed by atoms with E-state index in [9.17, 15) is 5.11 Å². The Hall–Kier alpha value is -1.07. The van der Waals surface area contributed by atoms with Crippen LogP contribution in [0.4, 0.5) is 5.82 Å². The van der Waals surface area contributed by atoms with E-state index in [1.54, 1.807) is 0 Å². The molecule has 110 valence electrons. The van der Waals surface area contributed by atoms with Crippen molar-refractivity contribution in [2.75, 3.05) is 24.6 Å². The van der Waals surface area contributed by atoms with E-state index in [-0.39, 0.29) is 6.61 Å². The first-order chi connectivity index (χ1) is 9.01. The molecule has 0 fully saturated rings. The van der Waals surface area contributed by atoms with E-state index in [2.05, 4.69) is 36.1 Å². The van der Waals surface area contributed by atoms with Crippen LogP contribution in [-0.4, -0.2) is 40.6 Å². The third kappa shape index (κ3) is 4.21. The van der Waals surface area contributed by atoms with Crippen molar-refractivity contribution in [2.24, 2.45) is 7.05 Å². The number of aryl methyl sites for hydroxylation is 2. The van der Waals surface area contributed by atoms with Gasteiger partial charge in [0.2, 0.25) is 0 Å². The van der Waals surface area contributed by atoms with Crippen LogP contribution in [0.2, 0.25) is 0 Å². The number of hydrogen-bond donors (Lipinski definition) is 2. The van der Waals surface area contributed by atoms with Gasteiger partial charge in [-0.1, -0.05) is 20.8 Å². The van der Waals surface area contributed by atoms with E-state index in [1.807, 2.05) is 18.7 Å². The topological polar surface area (TPSA) is 53.3 Å². The van der Waals surface area contributed by atoms with Crippen LogP contribution >= 0.6 is 0 Å². The molecule has 0 spiro atoms. The minimum Gasteiger partial charge on any atom is -0.395 e. The summed E-state index contributed by atoms with van der Waals surface area (Å²) >= 11 is 0. The highest BCUT2D eigenvalue weighted by Gasteiger charge is 2.18. The number of aliphatic hydroxyl groups is 1. The van der Waals surface area contributed by atoms with E-state index in [0.29, 0.717) is 12.6 Å². The predicted molar refractivity (Wildman–Crippen MR) is 79.5 cm³/mol. The fraction of sp³-hybridized carbons (Fsp3) is 0.786. The molecule has 0 saturated heterocycles. The molecule has 0 radical (unpaired) electrons. The third-order valence-electron chi connectivity index (χ3n) is 3.16. The van der Waals surface area contributed by atoms with Crippen molar-refractivity contribution in [3.05, 3.63) is 11.3 Å². The van der Waals surface area contributed by atoms with Gasteiger partial charge in [0.15, 0.2) is 0 Å². The van der Waals surface area contributed by atoms with Crippen molar-refractivity contribution in [3.63, 3.8) is 0 Å². The molecular weight excluding hydrogens is 240 g/mol. The molecule has 19 heavy (non-hydrogen) atoms. The molecule has 5 nitrogen and oxygen atoms in total. The molecule has 0 aliphatic heterocycles. The van der Waals surface area contributed by atoms with Crippen LogP contribution in [0, 0.1) is 6.92 Å². The summed E-state index contributed by atoms with van der Waals surface area (Å²) in [6.45, 7) is 11.1. The number of rotatable bonds is 8. The summed E-state index contributed by atoms with van der Waals surface area (Å²) in [5.74, 6) is 1.13. The standard InChI is InChI=1S/C14H28N4O/c1-6-7-18(8-9-19)14-13(10-15-11(2)3)12(4)16-17(14)5/h11,15,19H,6-10H2,1-5H3. The molecule has 0 unspecified atom stereocenters. The zero-order valence-electron chi connectivity index (χ0n) is 12.9. The van der Waals surface area contributed by atoms with Crippen LogP contribution in [0.25, 0.3) is 0 Å². The van der Waals surface area contributed by atoms with Crippen molar-refractivity contribution in [3.8, 4) is 0 Å². The van der Waals surface area contributed by atoms with Crippen molar-refractivity contribution < 1.29 is 5.11 Å². The number of anilines is 1. The summed E-state index contributed by atoms with van der Waals surface area (Å²) in [6.07, 6.45) is 1.06. The predicted octanol–water partition coefficient (Wildman–Crippen LogP) is 1.44. The van der Waals surface area contributed by atoms with Crippen LogP contribution in [0.3, 0.4) is 0 Å². The molecule has 0 aliphatic rings. The zero-order valence-corrected chi connectivity index (χ0v) is 12.9. The first-order valence-electron chi connectivity index (χ1n) is 7.12. The third-order valence-corrected chi connectivity index (χ3v) is 3.16. The van der Waals surface area contributed by atoms with Crippen LogP contribution in [0.1, 0.15) is 38.4 Å². The van der Waals surface area contributed by atoms with Gasteiger partial charge in [0, 0.05) is 38.3 Å². The van der Waals surface area contributed by atoms with Gasteiger partial charge in [-0.05, 0) is 13.3 Å². The fourth-order valence-corrected chi connectivity index (χ4v) is 2.31. The summed E-state index contributed by atoms with van der Waals surface area (Å²) < 4.78 is 1.93. The molecule has 0 amide bonds. The minimum atomic E-state index is 0.168. The van der Waals surface area contributed by atoms with Gasteiger partial charge in [0.25, 0.3) is 0 Å². The second kappa shape index (κ2) is 7.50. The molecule has 0 aliphatic carbocycles. The number of aliphatic hydroxyl groups excluding tert-OH is 1. The Morgan fingerprint density at radius 2 is 2.05 bits per heavy atom. The molecular formula is C14H28N4O. The Morgan fingerprint density at radius 3 is 2.58 bits per heavy atom. The van der Waals surface area contributed by atoms with Gasteiger partial charge < -0.3 is 15.3 Å². The lowest BCUT2D eigenvalue weighted by Gasteiger charge is -2.25. The zero-order chi connectivity index (χ0) is 14.4. The number of nitrogens with zero attached hydrogens (tertiary/aromatic N) is 3. The second-order valence-electron chi connectivity index (χ2n) is 5.26. The lowest BCUT2D eigenvalue weighted by Crippen LogP contribution is -2.31.